The van der Waals surface area contributed by atoms with Crippen LogP contribution in [0.2, 0.25) is 0 Å². The van der Waals surface area contributed by atoms with E-state index in [1.165, 1.54) is 12.3 Å². The van der Waals surface area contributed by atoms with Gasteiger partial charge in [-0.3, -0.25) is 4.18 Å². The molecule has 0 amide bonds. The molecule has 0 aliphatic rings. The van der Waals surface area contributed by atoms with Crippen LogP contribution in [-0.4, -0.2) is 20.0 Å². The zero-order valence-electron chi connectivity index (χ0n) is 6.07. The number of aromatic nitrogens is 1. The summed E-state index contributed by atoms with van der Waals surface area (Å²) in [5, 5.41) is 0.0966. The highest BCUT2D eigenvalue weighted by molar-refractivity contribution is 7.86. The van der Waals surface area contributed by atoms with Crippen molar-refractivity contribution in [3.63, 3.8) is 0 Å². The van der Waals surface area contributed by atoms with Gasteiger partial charge in [0.2, 0.25) is 0 Å². The number of hydrogen-bond donors (Lipinski definition) is 1. The topological polar surface area (TPSA) is 59.2 Å². The van der Waals surface area contributed by atoms with Gasteiger partial charge in [0, 0.05) is 6.20 Å². The highest BCUT2D eigenvalue weighted by Gasteiger charge is 2.13. The SMILES string of the molecule is CCOS(=O)(=O)c1ccc[nH]1. The fourth-order valence-corrected chi connectivity index (χ4v) is 1.58. The molecule has 62 valence electrons. The Bertz CT molecular complexity index is 301. The number of rotatable bonds is 3. The summed E-state index contributed by atoms with van der Waals surface area (Å²) in [5.41, 5.74) is 0. The zero-order chi connectivity index (χ0) is 8.32. The second kappa shape index (κ2) is 3.06. The molecule has 0 fully saturated rings. The van der Waals surface area contributed by atoms with Crippen LogP contribution in [0.25, 0.3) is 0 Å². The Hall–Kier alpha value is -0.810. The molecule has 0 saturated heterocycles. The molecule has 0 radical (unpaired) electrons. The van der Waals surface area contributed by atoms with Gasteiger partial charge >= 0.3 is 10.1 Å². The molecule has 0 unspecified atom stereocenters. The van der Waals surface area contributed by atoms with Crippen LogP contribution in [-0.2, 0) is 14.3 Å². The summed E-state index contributed by atoms with van der Waals surface area (Å²) in [7, 11) is -3.52. The van der Waals surface area contributed by atoms with Crippen molar-refractivity contribution in [2.24, 2.45) is 0 Å². The van der Waals surface area contributed by atoms with Crippen LogP contribution in [0.5, 0.6) is 0 Å². The Labute approximate surface area is 65.3 Å². The van der Waals surface area contributed by atoms with Crippen LogP contribution in [0.4, 0.5) is 0 Å². The summed E-state index contributed by atoms with van der Waals surface area (Å²) in [6.07, 6.45) is 1.53. The molecule has 0 saturated carbocycles. The Balaban J connectivity index is 2.92. The van der Waals surface area contributed by atoms with E-state index in [1.54, 1.807) is 13.0 Å². The molecular weight excluding hydrogens is 166 g/mol. The van der Waals surface area contributed by atoms with E-state index in [1.807, 2.05) is 0 Å². The Morgan fingerprint density at radius 3 is 2.82 bits per heavy atom. The van der Waals surface area contributed by atoms with Crippen molar-refractivity contribution < 1.29 is 12.6 Å². The molecule has 5 heteroatoms. The third-order valence-corrected chi connectivity index (χ3v) is 2.45. The van der Waals surface area contributed by atoms with Crippen molar-refractivity contribution >= 4 is 10.1 Å². The second-order valence-electron chi connectivity index (χ2n) is 1.90. The first-order valence-corrected chi connectivity index (χ1v) is 4.60. The highest BCUT2D eigenvalue weighted by Crippen LogP contribution is 2.07. The van der Waals surface area contributed by atoms with Gasteiger partial charge in [0.1, 0.15) is 0 Å². The van der Waals surface area contributed by atoms with Crippen molar-refractivity contribution in [3.8, 4) is 0 Å². The number of aromatic amines is 1. The maximum absolute atomic E-state index is 11.0. The molecule has 0 aliphatic heterocycles. The van der Waals surface area contributed by atoms with Crippen LogP contribution < -0.4 is 0 Å². The molecule has 0 aliphatic carbocycles. The van der Waals surface area contributed by atoms with E-state index >= 15 is 0 Å². The fourth-order valence-electron chi connectivity index (χ4n) is 0.688. The van der Waals surface area contributed by atoms with Crippen LogP contribution >= 0.6 is 0 Å². The number of H-pyrrole nitrogens is 1. The Morgan fingerprint density at radius 2 is 2.36 bits per heavy atom. The molecule has 11 heavy (non-hydrogen) atoms. The molecule has 0 aromatic carbocycles. The van der Waals surface area contributed by atoms with Crippen LogP contribution in [0.15, 0.2) is 23.4 Å². The van der Waals surface area contributed by atoms with Gasteiger partial charge in [-0.25, -0.2) is 0 Å². The molecular formula is C6H9NO3S. The minimum atomic E-state index is -3.52. The fraction of sp³-hybridized carbons (Fsp3) is 0.333. The van der Waals surface area contributed by atoms with Gasteiger partial charge in [-0.05, 0) is 19.1 Å². The van der Waals surface area contributed by atoms with Crippen LogP contribution in [0.3, 0.4) is 0 Å². The molecule has 1 rings (SSSR count). The molecule has 1 aromatic rings. The van der Waals surface area contributed by atoms with Crippen molar-refractivity contribution in [2.75, 3.05) is 6.61 Å². The Morgan fingerprint density at radius 1 is 1.64 bits per heavy atom. The lowest BCUT2D eigenvalue weighted by Crippen LogP contribution is -2.05. The normalized spacial score (nSPS) is 11.7. The minimum absolute atomic E-state index is 0.0966. The first-order valence-electron chi connectivity index (χ1n) is 3.19. The monoisotopic (exact) mass is 175 g/mol. The van der Waals surface area contributed by atoms with Crippen LogP contribution in [0, 0.1) is 0 Å². The van der Waals surface area contributed by atoms with E-state index in [-0.39, 0.29) is 11.6 Å². The summed E-state index contributed by atoms with van der Waals surface area (Å²) in [4.78, 5) is 2.55. The Kier molecular flexibility index (Phi) is 2.31. The minimum Gasteiger partial charge on any atom is -0.350 e. The molecule has 0 atom stereocenters. The largest absolute Gasteiger partial charge is 0.350 e. The van der Waals surface area contributed by atoms with Gasteiger partial charge in [-0.15, -0.1) is 0 Å². The van der Waals surface area contributed by atoms with E-state index < -0.39 is 10.1 Å². The summed E-state index contributed by atoms with van der Waals surface area (Å²) >= 11 is 0. The van der Waals surface area contributed by atoms with Crippen LogP contribution in [0.1, 0.15) is 6.92 Å². The predicted molar refractivity (Wildman–Crippen MR) is 39.6 cm³/mol. The van der Waals surface area contributed by atoms with Gasteiger partial charge in [-0.1, -0.05) is 0 Å². The lowest BCUT2D eigenvalue weighted by molar-refractivity contribution is 0.336. The summed E-state index contributed by atoms with van der Waals surface area (Å²) < 4.78 is 26.6. The maximum Gasteiger partial charge on any atom is 0.312 e. The predicted octanol–water partition coefficient (Wildman–Crippen LogP) is 0.740. The van der Waals surface area contributed by atoms with Gasteiger partial charge in [0.25, 0.3) is 0 Å². The van der Waals surface area contributed by atoms with Gasteiger partial charge in [-0.2, -0.15) is 8.42 Å². The van der Waals surface area contributed by atoms with Crippen molar-refractivity contribution in [3.05, 3.63) is 18.3 Å². The third kappa shape index (κ3) is 1.81. The summed E-state index contributed by atoms with van der Waals surface area (Å²) in [6.45, 7) is 1.78. The first kappa shape index (κ1) is 8.29. The number of nitrogens with one attached hydrogen (secondary N) is 1. The van der Waals surface area contributed by atoms with Crippen molar-refractivity contribution in [1.29, 1.82) is 0 Å². The van der Waals surface area contributed by atoms with Gasteiger partial charge < -0.3 is 4.98 Å². The average Bonchev–Trinajstić information content (AvgIpc) is 2.37. The smallest absolute Gasteiger partial charge is 0.312 e. The van der Waals surface area contributed by atoms with E-state index in [0.717, 1.165) is 0 Å². The van der Waals surface area contributed by atoms with E-state index in [9.17, 15) is 8.42 Å². The van der Waals surface area contributed by atoms with E-state index in [2.05, 4.69) is 9.17 Å². The molecule has 1 heterocycles. The van der Waals surface area contributed by atoms with E-state index in [0.29, 0.717) is 0 Å². The summed E-state index contributed by atoms with van der Waals surface area (Å²) in [6, 6.07) is 3.05. The van der Waals surface area contributed by atoms with Crippen molar-refractivity contribution in [2.45, 2.75) is 11.9 Å². The molecule has 1 N–H and O–H groups in total. The van der Waals surface area contributed by atoms with Gasteiger partial charge in [0.05, 0.1) is 6.61 Å². The molecule has 1 aromatic heterocycles. The lowest BCUT2D eigenvalue weighted by Gasteiger charge is -1.98. The average molecular weight is 175 g/mol. The maximum atomic E-state index is 11.0. The quantitative estimate of drug-likeness (QED) is 0.689. The lowest BCUT2D eigenvalue weighted by atomic mass is 10.7. The molecule has 4 nitrogen and oxygen atoms in total. The molecule has 0 bridgehead atoms. The van der Waals surface area contributed by atoms with Crippen molar-refractivity contribution in [1.82, 2.24) is 4.98 Å². The van der Waals surface area contributed by atoms with Gasteiger partial charge in [0.15, 0.2) is 5.03 Å². The first-order chi connectivity index (χ1) is 5.17. The third-order valence-electron chi connectivity index (χ3n) is 1.11. The standard InChI is InChI=1S/C6H9NO3S/c1-2-10-11(8,9)6-4-3-5-7-6/h3-5,7H,2H2,1H3. The molecule has 0 spiro atoms. The number of hydrogen-bond acceptors (Lipinski definition) is 3. The second-order valence-corrected chi connectivity index (χ2v) is 3.48. The van der Waals surface area contributed by atoms with E-state index in [4.69, 9.17) is 0 Å². The summed E-state index contributed by atoms with van der Waals surface area (Å²) in [5.74, 6) is 0. The zero-order valence-corrected chi connectivity index (χ0v) is 6.89. The highest BCUT2D eigenvalue weighted by atomic mass is 32.2.